The van der Waals surface area contributed by atoms with E-state index in [-0.39, 0.29) is 28.8 Å². The highest BCUT2D eigenvalue weighted by Crippen LogP contribution is 2.27. The molecule has 0 amide bonds. The second-order valence-electron chi connectivity index (χ2n) is 4.21. The molecule has 0 saturated carbocycles. The van der Waals surface area contributed by atoms with E-state index in [1.54, 1.807) is 13.8 Å². The molecule has 1 aromatic rings. The fourth-order valence-corrected chi connectivity index (χ4v) is 3.16. The molecule has 0 spiro atoms. The largest absolute Gasteiger partial charge is 0.465 e. The predicted octanol–water partition coefficient (Wildman–Crippen LogP) is 1.41. The molecule has 8 heteroatoms. The quantitative estimate of drug-likeness (QED) is 0.654. The van der Waals surface area contributed by atoms with Crippen molar-refractivity contribution in [1.29, 1.82) is 0 Å². The van der Waals surface area contributed by atoms with Crippen molar-refractivity contribution in [2.45, 2.75) is 18.7 Å². The summed E-state index contributed by atoms with van der Waals surface area (Å²) in [6.07, 6.45) is 0. The van der Waals surface area contributed by atoms with Crippen LogP contribution in [0.25, 0.3) is 0 Å². The van der Waals surface area contributed by atoms with Crippen LogP contribution in [0.2, 0.25) is 5.02 Å². The first-order chi connectivity index (χ1) is 9.20. The monoisotopic (exact) mass is 320 g/mol. The first-order valence-electron chi connectivity index (χ1n) is 5.87. The number of halogens is 1. The van der Waals surface area contributed by atoms with Crippen molar-refractivity contribution in [2.24, 2.45) is 0 Å². The van der Waals surface area contributed by atoms with Crippen LogP contribution in [0.4, 0.5) is 5.69 Å². The minimum Gasteiger partial charge on any atom is -0.465 e. The third-order valence-electron chi connectivity index (χ3n) is 2.64. The van der Waals surface area contributed by atoms with Gasteiger partial charge >= 0.3 is 5.97 Å². The third-order valence-corrected chi connectivity index (χ3v) is 4.91. The van der Waals surface area contributed by atoms with Crippen LogP contribution in [0.3, 0.4) is 0 Å². The molecule has 0 aromatic heterocycles. The zero-order valence-corrected chi connectivity index (χ0v) is 13.1. The molecule has 0 bridgehead atoms. The van der Waals surface area contributed by atoms with Gasteiger partial charge in [0.15, 0.2) is 0 Å². The maximum Gasteiger partial charge on any atom is 0.321 e. The lowest BCUT2D eigenvalue weighted by Gasteiger charge is -2.18. The Balaban J connectivity index is 3.11. The number of ether oxygens (including phenoxy) is 1. The summed E-state index contributed by atoms with van der Waals surface area (Å²) < 4.78 is 30.4. The Bertz CT molecular complexity index is 616. The van der Waals surface area contributed by atoms with E-state index in [4.69, 9.17) is 22.1 Å². The lowest BCUT2D eigenvalue weighted by Crippen LogP contribution is -2.33. The molecule has 2 N–H and O–H groups in total. The van der Waals surface area contributed by atoms with E-state index in [1.165, 1.54) is 19.2 Å². The van der Waals surface area contributed by atoms with Gasteiger partial charge < -0.3 is 10.5 Å². The first-order valence-corrected chi connectivity index (χ1v) is 7.69. The Morgan fingerprint density at radius 2 is 2.05 bits per heavy atom. The number of aryl methyl sites for hydroxylation is 1. The Morgan fingerprint density at radius 1 is 1.45 bits per heavy atom. The van der Waals surface area contributed by atoms with Crippen molar-refractivity contribution >= 4 is 33.3 Å². The molecule has 1 aromatic carbocycles. The Labute approximate surface area is 123 Å². The summed E-state index contributed by atoms with van der Waals surface area (Å²) in [6, 6.07) is 2.76. The molecule has 112 valence electrons. The number of hydrogen-bond donors (Lipinski definition) is 1. The number of rotatable bonds is 5. The average Bonchev–Trinajstić information content (AvgIpc) is 2.33. The van der Waals surface area contributed by atoms with Gasteiger partial charge in [-0.3, -0.25) is 4.79 Å². The molecule has 0 unspecified atom stereocenters. The van der Waals surface area contributed by atoms with E-state index in [0.717, 1.165) is 4.31 Å². The summed E-state index contributed by atoms with van der Waals surface area (Å²) in [7, 11) is -2.53. The summed E-state index contributed by atoms with van der Waals surface area (Å²) >= 11 is 5.83. The topological polar surface area (TPSA) is 89.7 Å². The van der Waals surface area contributed by atoms with Gasteiger partial charge in [0.2, 0.25) is 10.0 Å². The molecule has 20 heavy (non-hydrogen) atoms. The number of carbonyl (C=O) groups excluding carboxylic acids is 1. The molecule has 0 radical (unpaired) electrons. The van der Waals surface area contributed by atoms with E-state index in [2.05, 4.69) is 0 Å². The number of anilines is 1. The number of carbonyl (C=O) groups is 1. The van der Waals surface area contributed by atoms with Crippen molar-refractivity contribution in [3.05, 3.63) is 22.7 Å². The van der Waals surface area contributed by atoms with Crippen LogP contribution in [0.1, 0.15) is 12.5 Å². The van der Waals surface area contributed by atoms with Gasteiger partial charge in [-0.05, 0) is 31.5 Å². The van der Waals surface area contributed by atoms with Crippen molar-refractivity contribution in [2.75, 3.05) is 25.9 Å². The van der Waals surface area contributed by atoms with Gasteiger partial charge in [0, 0.05) is 7.05 Å². The van der Waals surface area contributed by atoms with Crippen LogP contribution in [0.5, 0.6) is 0 Å². The van der Waals surface area contributed by atoms with Gasteiger partial charge in [-0.1, -0.05) is 11.6 Å². The number of nitrogens with two attached hydrogens (primary N) is 1. The molecule has 0 heterocycles. The van der Waals surface area contributed by atoms with Crippen molar-refractivity contribution < 1.29 is 17.9 Å². The molecule has 1 rings (SSSR count). The fourth-order valence-electron chi connectivity index (χ4n) is 1.59. The average molecular weight is 321 g/mol. The Morgan fingerprint density at radius 3 is 2.60 bits per heavy atom. The van der Waals surface area contributed by atoms with Gasteiger partial charge in [-0.15, -0.1) is 0 Å². The van der Waals surface area contributed by atoms with E-state index < -0.39 is 16.0 Å². The Kier molecular flexibility index (Phi) is 5.38. The van der Waals surface area contributed by atoms with Crippen LogP contribution in [-0.2, 0) is 19.6 Å². The minimum atomic E-state index is -3.83. The second kappa shape index (κ2) is 6.43. The summed E-state index contributed by atoms with van der Waals surface area (Å²) in [6.45, 7) is 3.09. The SMILES string of the molecule is CCOC(=O)CN(C)S(=O)(=O)c1cc(N)c(Cl)cc1C. The van der Waals surface area contributed by atoms with Gasteiger partial charge in [0.25, 0.3) is 0 Å². The molecule has 0 fully saturated rings. The molecule has 0 atom stereocenters. The number of hydrogen-bond acceptors (Lipinski definition) is 5. The van der Waals surface area contributed by atoms with Crippen LogP contribution >= 0.6 is 11.6 Å². The van der Waals surface area contributed by atoms with E-state index >= 15 is 0 Å². The minimum absolute atomic E-state index is 0.0196. The zero-order valence-electron chi connectivity index (χ0n) is 11.5. The highest BCUT2D eigenvalue weighted by molar-refractivity contribution is 7.89. The van der Waals surface area contributed by atoms with E-state index in [0.29, 0.717) is 5.56 Å². The molecule has 0 aliphatic carbocycles. The van der Waals surface area contributed by atoms with Gasteiger partial charge in [-0.25, -0.2) is 8.42 Å². The molecular formula is C12H17ClN2O4S. The van der Waals surface area contributed by atoms with Gasteiger partial charge in [-0.2, -0.15) is 4.31 Å². The predicted molar refractivity (Wildman–Crippen MR) is 77.1 cm³/mol. The van der Waals surface area contributed by atoms with E-state index in [1.807, 2.05) is 0 Å². The van der Waals surface area contributed by atoms with Crippen molar-refractivity contribution in [3.8, 4) is 0 Å². The number of nitrogen functional groups attached to an aromatic ring is 1. The summed E-state index contributed by atoms with van der Waals surface area (Å²) in [5.74, 6) is -0.613. The van der Waals surface area contributed by atoms with Gasteiger partial charge in [0.05, 0.1) is 22.2 Å². The van der Waals surface area contributed by atoms with E-state index in [9.17, 15) is 13.2 Å². The molecule has 0 saturated heterocycles. The fraction of sp³-hybridized carbons (Fsp3) is 0.417. The second-order valence-corrected chi connectivity index (χ2v) is 6.63. The number of sulfonamides is 1. The number of esters is 1. The summed E-state index contributed by atoms with van der Waals surface area (Å²) in [5, 5.41) is 0.287. The van der Waals surface area contributed by atoms with Crippen LogP contribution in [0, 0.1) is 6.92 Å². The Hall–Kier alpha value is -1.31. The molecular weight excluding hydrogens is 304 g/mol. The highest BCUT2D eigenvalue weighted by atomic mass is 35.5. The van der Waals surface area contributed by atoms with Crippen LogP contribution < -0.4 is 5.73 Å². The smallest absolute Gasteiger partial charge is 0.321 e. The molecule has 0 aliphatic heterocycles. The van der Waals surface area contributed by atoms with Gasteiger partial charge in [0.1, 0.15) is 6.54 Å². The maximum absolute atomic E-state index is 12.4. The molecule has 6 nitrogen and oxygen atoms in total. The summed E-state index contributed by atoms with van der Waals surface area (Å²) in [4.78, 5) is 11.4. The van der Waals surface area contributed by atoms with Crippen molar-refractivity contribution in [1.82, 2.24) is 4.31 Å². The maximum atomic E-state index is 12.4. The lowest BCUT2D eigenvalue weighted by molar-refractivity contribution is -0.143. The number of likely N-dealkylation sites (N-methyl/N-ethyl adjacent to an activating group) is 1. The van der Waals surface area contributed by atoms with Crippen LogP contribution in [0.15, 0.2) is 17.0 Å². The normalized spacial score (nSPS) is 11.7. The van der Waals surface area contributed by atoms with Crippen molar-refractivity contribution in [3.63, 3.8) is 0 Å². The number of benzene rings is 1. The first kappa shape index (κ1) is 16.7. The lowest BCUT2D eigenvalue weighted by atomic mass is 10.2. The highest BCUT2D eigenvalue weighted by Gasteiger charge is 2.25. The molecule has 0 aliphatic rings. The number of nitrogens with zero attached hydrogens (tertiary/aromatic N) is 1. The standard InChI is InChI=1S/C12H17ClN2O4S/c1-4-19-12(16)7-15(3)20(17,18)11-6-10(14)9(13)5-8(11)2/h5-6H,4,7,14H2,1-3H3. The summed E-state index contributed by atoms with van der Waals surface area (Å²) in [5.41, 5.74) is 6.25. The third kappa shape index (κ3) is 3.62. The zero-order chi connectivity index (χ0) is 15.5. The van der Waals surface area contributed by atoms with Crippen LogP contribution in [-0.4, -0.2) is 38.9 Å².